The summed E-state index contributed by atoms with van der Waals surface area (Å²) >= 11 is 0. The van der Waals surface area contributed by atoms with Gasteiger partial charge in [0.05, 0.1) is 28.5 Å². The van der Waals surface area contributed by atoms with Crippen molar-refractivity contribution in [2.45, 2.75) is 25.3 Å². The SMILES string of the molecule is O=S1(=O)CCC(n2cc3nc(N4CCCC4)ncc3c2O)C1. The summed E-state index contributed by atoms with van der Waals surface area (Å²) < 4.78 is 24.9. The average Bonchev–Trinajstić information content (AvgIpc) is 3.18. The van der Waals surface area contributed by atoms with Crippen LogP contribution in [0.25, 0.3) is 10.9 Å². The highest BCUT2D eigenvalue weighted by molar-refractivity contribution is 7.91. The molecule has 0 aliphatic carbocycles. The minimum absolute atomic E-state index is 0.0603. The molecule has 1 atom stereocenters. The normalized spacial score (nSPS) is 24.4. The van der Waals surface area contributed by atoms with Crippen LogP contribution < -0.4 is 4.90 Å². The van der Waals surface area contributed by atoms with Gasteiger partial charge in [-0.25, -0.2) is 18.4 Å². The van der Waals surface area contributed by atoms with Gasteiger partial charge in [-0.3, -0.25) is 0 Å². The van der Waals surface area contributed by atoms with Gasteiger partial charge >= 0.3 is 0 Å². The second kappa shape index (κ2) is 4.84. The van der Waals surface area contributed by atoms with Gasteiger partial charge in [-0.05, 0) is 19.3 Å². The van der Waals surface area contributed by atoms with Crippen LogP contribution in [0.3, 0.4) is 0 Å². The van der Waals surface area contributed by atoms with Crippen molar-refractivity contribution >= 4 is 26.7 Å². The molecule has 8 heteroatoms. The average molecular weight is 322 g/mol. The van der Waals surface area contributed by atoms with Crippen LogP contribution in [0.5, 0.6) is 5.88 Å². The molecule has 0 bridgehead atoms. The molecule has 7 nitrogen and oxygen atoms in total. The van der Waals surface area contributed by atoms with Crippen molar-refractivity contribution in [3.05, 3.63) is 12.4 Å². The van der Waals surface area contributed by atoms with Gasteiger partial charge in [0.25, 0.3) is 0 Å². The predicted octanol–water partition coefficient (Wildman–Crippen LogP) is 1.10. The maximum atomic E-state index is 11.6. The Morgan fingerprint density at radius 1 is 1.27 bits per heavy atom. The summed E-state index contributed by atoms with van der Waals surface area (Å²) in [5, 5.41) is 10.9. The van der Waals surface area contributed by atoms with Gasteiger partial charge in [0.1, 0.15) is 0 Å². The molecule has 0 spiro atoms. The molecular formula is C14H18N4O3S. The first-order valence-electron chi connectivity index (χ1n) is 7.55. The number of rotatable bonds is 2. The summed E-state index contributed by atoms with van der Waals surface area (Å²) in [5.74, 6) is 0.996. The lowest BCUT2D eigenvalue weighted by Crippen LogP contribution is -2.20. The zero-order valence-corrected chi connectivity index (χ0v) is 13.0. The largest absolute Gasteiger partial charge is 0.494 e. The molecule has 2 aromatic heterocycles. The molecule has 1 N–H and O–H groups in total. The molecule has 2 aromatic rings. The molecule has 0 aromatic carbocycles. The minimum Gasteiger partial charge on any atom is -0.494 e. The molecule has 0 amide bonds. The fraction of sp³-hybridized carbons (Fsp3) is 0.571. The van der Waals surface area contributed by atoms with E-state index >= 15 is 0 Å². The number of aromatic hydroxyl groups is 1. The first-order valence-corrected chi connectivity index (χ1v) is 9.37. The maximum Gasteiger partial charge on any atom is 0.225 e. The fourth-order valence-corrected chi connectivity index (χ4v) is 5.04. The molecule has 4 heterocycles. The van der Waals surface area contributed by atoms with Gasteiger partial charge in [-0.15, -0.1) is 0 Å². The Bertz CT molecular complexity index is 824. The van der Waals surface area contributed by atoms with Gasteiger partial charge < -0.3 is 14.6 Å². The van der Waals surface area contributed by atoms with E-state index < -0.39 is 9.84 Å². The number of fused-ring (bicyclic) bond motifs is 1. The van der Waals surface area contributed by atoms with E-state index in [1.165, 1.54) is 0 Å². The van der Waals surface area contributed by atoms with Gasteiger partial charge in [0, 0.05) is 25.5 Å². The van der Waals surface area contributed by atoms with Crippen LogP contribution in [0.1, 0.15) is 25.3 Å². The zero-order chi connectivity index (χ0) is 15.3. The van der Waals surface area contributed by atoms with E-state index in [0.717, 1.165) is 25.9 Å². The molecule has 2 aliphatic heterocycles. The van der Waals surface area contributed by atoms with Crippen molar-refractivity contribution in [2.24, 2.45) is 0 Å². The monoisotopic (exact) mass is 322 g/mol. The summed E-state index contributed by atoms with van der Waals surface area (Å²) in [6, 6.07) is -0.213. The number of sulfone groups is 1. The van der Waals surface area contributed by atoms with Gasteiger partial charge in [0.15, 0.2) is 9.84 Å². The smallest absolute Gasteiger partial charge is 0.225 e. The standard InChI is InChI=1S/C14H18N4O3S/c19-13-11-7-15-14(17-4-1-2-5-17)16-12(11)8-18(13)10-3-6-22(20,21)9-10/h7-8,10,19H,1-6,9H2. The molecular weight excluding hydrogens is 304 g/mol. The second-order valence-electron chi connectivity index (χ2n) is 6.08. The van der Waals surface area contributed by atoms with E-state index in [1.807, 2.05) is 0 Å². The lowest BCUT2D eigenvalue weighted by molar-refractivity contribution is 0.398. The van der Waals surface area contributed by atoms with Gasteiger partial charge in [-0.1, -0.05) is 0 Å². The van der Waals surface area contributed by atoms with Crippen molar-refractivity contribution in [2.75, 3.05) is 29.5 Å². The van der Waals surface area contributed by atoms with Crippen molar-refractivity contribution in [3.8, 4) is 5.88 Å². The third kappa shape index (κ3) is 2.22. The van der Waals surface area contributed by atoms with E-state index in [4.69, 9.17) is 0 Å². The first-order chi connectivity index (χ1) is 10.5. The maximum absolute atomic E-state index is 11.6. The van der Waals surface area contributed by atoms with Crippen LogP contribution in [-0.4, -0.2) is 52.7 Å². The first kappa shape index (κ1) is 13.8. The van der Waals surface area contributed by atoms with E-state index in [9.17, 15) is 13.5 Å². The van der Waals surface area contributed by atoms with E-state index in [1.54, 1.807) is 17.0 Å². The topological polar surface area (TPSA) is 88.3 Å². The van der Waals surface area contributed by atoms with Crippen LogP contribution in [0, 0.1) is 0 Å². The fourth-order valence-electron chi connectivity index (χ4n) is 3.33. The molecule has 0 radical (unpaired) electrons. The van der Waals surface area contributed by atoms with Crippen LogP contribution in [-0.2, 0) is 9.84 Å². The molecule has 2 fully saturated rings. The summed E-state index contributed by atoms with van der Waals surface area (Å²) in [5.41, 5.74) is 0.665. The number of nitrogens with zero attached hydrogens (tertiary/aromatic N) is 4. The highest BCUT2D eigenvalue weighted by atomic mass is 32.2. The summed E-state index contributed by atoms with van der Waals surface area (Å²) in [6.45, 7) is 1.91. The van der Waals surface area contributed by atoms with Crippen LogP contribution in [0.2, 0.25) is 0 Å². The van der Waals surface area contributed by atoms with Crippen LogP contribution >= 0.6 is 0 Å². The summed E-state index contributed by atoms with van der Waals surface area (Å²) in [4.78, 5) is 11.0. The Morgan fingerprint density at radius 2 is 2.05 bits per heavy atom. The summed E-state index contributed by atoms with van der Waals surface area (Å²) in [6.07, 6.45) is 6.20. The number of hydrogen-bond acceptors (Lipinski definition) is 6. The quantitative estimate of drug-likeness (QED) is 0.890. The third-order valence-corrected chi connectivity index (χ3v) is 6.29. The van der Waals surface area contributed by atoms with Crippen LogP contribution in [0.15, 0.2) is 12.4 Å². The van der Waals surface area contributed by atoms with E-state index in [2.05, 4.69) is 14.9 Å². The highest BCUT2D eigenvalue weighted by Gasteiger charge is 2.31. The predicted molar refractivity (Wildman–Crippen MR) is 82.9 cm³/mol. The lowest BCUT2D eigenvalue weighted by Gasteiger charge is -2.13. The third-order valence-electron chi connectivity index (χ3n) is 4.54. The second-order valence-corrected chi connectivity index (χ2v) is 8.31. The molecule has 118 valence electrons. The van der Waals surface area contributed by atoms with Gasteiger partial charge in [-0.2, -0.15) is 0 Å². The molecule has 2 aliphatic rings. The number of anilines is 1. The Balaban J connectivity index is 1.73. The van der Waals surface area contributed by atoms with Crippen LogP contribution in [0.4, 0.5) is 5.95 Å². The zero-order valence-electron chi connectivity index (χ0n) is 12.1. The Morgan fingerprint density at radius 3 is 2.73 bits per heavy atom. The molecule has 0 saturated carbocycles. The lowest BCUT2D eigenvalue weighted by atomic mass is 10.2. The number of hydrogen-bond donors (Lipinski definition) is 1. The van der Waals surface area contributed by atoms with Crippen molar-refractivity contribution in [1.29, 1.82) is 0 Å². The Hall–Kier alpha value is -1.83. The van der Waals surface area contributed by atoms with E-state index in [0.29, 0.717) is 23.3 Å². The van der Waals surface area contributed by atoms with Crippen molar-refractivity contribution < 1.29 is 13.5 Å². The summed E-state index contributed by atoms with van der Waals surface area (Å²) in [7, 11) is -3.00. The van der Waals surface area contributed by atoms with Gasteiger partial charge in [0.2, 0.25) is 11.8 Å². The molecule has 2 saturated heterocycles. The Kier molecular flexibility index (Phi) is 3.04. The molecule has 4 rings (SSSR count). The highest BCUT2D eigenvalue weighted by Crippen LogP contribution is 2.34. The Labute approximate surface area is 128 Å². The van der Waals surface area contributed by atoms with Crippen molar-refractivity contribution in [1.82, 2.24) is 14.5 Å². The van der Waals surface area contributed by atoms with Crippen molar-refractivity contribution in [3.63, 3.8) is 0 Å². The molecule has 1 unspecified atom stereocenters. The minimum atomic E-state index is -3.00. The van der Waals surface area contributed by atoms with E-state index in [-0.39, 0.29) is 23.4 Å². The molecule has 22 heavy (non-hydrogen) atoms. The number of aromatic nitrogens is 3.